The zero-order valence-corrected chi connectivity index (χ0v) is 13.4. The molecule has 0 bridgehead atoms. The quantitative estimate of drug-likeness (QED) is 0.514. The molecule has 4 aromatic rings. The highest BCUT2D eigenvalue weighted by Crippen LogP contribution is 2.23. The highest BCUT2D eigenvalue weighted by molar-refractivity contribution is 5.77. The van der Waals surface area contributed by atoms with Gasteiger partial charge in [-0.1, -0.05) is 29.5 Å². The van der Waals surface area contributed by atoms with Crippen molar-refractivity contribution in [2.24, 2.45) is 0 Å². The molecule has 0 unspecified atom stereocenters. The maximum atomic E-state index is 13.4. The van der Waals surface area contributed by atoms with E-state index in [1.807, 2.05) is 6.07 Å². The third kappa shape index (κ3) is 2.87. The molecule has 4 rings (SSSR count). The van der Waals surface area contributed by atoms with Gasteiger partial charge < -0.3 is 4.74 Å². The summed E-state index contributed by atoms with van der Waals surface area (Å²) in [4.78, 5) is 16.2. The van der Waals surface area contributed by atoms with Crippen LogP contribution in [0.4, 0.5) is 8.78 Å². The third-order valence-electron chi connectivity index (χ3n) is 3.93. The molecule has 7 nitrogen and oxygen atoms in total. The number of nitrogens with zero attached hydrogens (tertiary/aromatic N) is 5. The second-order valence-electron chi connectivity index (χ2n) is 5.56. The van der Waals surface area contributed by atoms with Gasteiger partial charge in [-0.3, -0.25) is 9.36 Å². The minimum Gasteiger partial charge on any atom is -0.456 e. The molecule has 2 aromatic heterocycles. The lowest BCUT2D eigenvalue weighted by molar-refractivity contribution is -0.146. The Labute approximate surface area is 145 Å². The fourth-order valence-electron chi connectivity index (χ4n) is 2.76. The lowest BCUT2D eigenvalue weighted by Gasteiger charge is -2.08. The van der Waals surface area contributed by atoms with E-state index in [2.05, 4.69) is 15.3 Å². The van der Waals surface area contributed by atoms with Gasteiger partial charge in [-0.25, -0.2) is 9.67 Å². The number of para-hydroxylation sites is 3. The van der Waals surface area contributed by atoms with Crippen molar-refractivity contribution < 1.29 is 18.3 Å². The molecule has 0 fully saturated rings. The van der Waals surface area contributed by atoms with Gasteiger partial charge in [-0.05, 0) is 24.3 Å². The number of imidazole rings is 1. The Hall–Kier alpha value is -3.36. The number of halogens is 2. The first-order chi connectivity index (χ1) is 12.6. The minimum atomic E-state index is -2.78. The Kier molecular flexibility index (Phi) is 4.04. The highest BCUT2D eigenvalue weighted by atomic mass is 19.3. The zero-order valence-electron chi connectivity index (χ0n) is 13.4. The molecule has 0 aliphatic carbocycles. The molecule has 26 heavy (non-hydrogen) atoms. The van der Waals surface area contributed by atoms with Crippen molar-refractivity contribution in [2.75, 3.05) is 0 Å². The summed E-state index contributed by atoms with van der Waals surface area (Å²) in [5, 5.41) is 7.84. The van der Waals surface area contributed by atoms with Crippen LogP contribution in [-0.2, 0) is 22.7 Å². The number of hydrogen-bond acceptors (Lipinski definition) is 5. The maximum Gasteiger partial charge on any atom is 0.328 e. The highest BCUT2D eigenvalue weighted by Gasteiger charge is 2.19. The molecule has 0 saturated heterocycles. The first-order valence-electron chi connectivity index (χ1n) is 7.81. The predicted octanol–water partition coefficient (Wildman–Crippen LogP) is 2.92. The number of aromatic nitrogens is 5. The fourth-order valence-corrected chi connectivity index (χ4v) is 2.76. The van der Waals surface area contributed by atoms with Crippen molar-refractivity contribution >= 4 is 28.0 Å². The standard InChI is InChI=1S/C17H13F2N5O2/c18-17(19)24-14-8-4-1-5-11(14)20-15(24)10-26-16(25)9-23-13-7-3-2-6-12(13)21-22-23/h1-8,17H,9-10H2. The summed E-state index contributed by atoms with van der Waals surface area (Å²) in [6.07, 6.45) is 0. The van der Waals surface area contributed by atoms with E-state index in [0.717, 1.165) is 4.57 Å². The van der Waals surface area contributed by atoms with E-state index in [0.29, 0.717) is 16.6 Å². The van der Waals surface area contributed by atoms with Crippen molar-refractivity contribution in [1.82, 2.24) is 24.5 Å². The summed E-state index contributed by atoms with van der Waals surface area (Å²) in [7, 11) is 0. The number of esters is 1. The van der Waals surface area contributed by atoms with Crippen molar-refractivity contribution in [1.29, 1.82) is 0 Å². The second-order valence-corrected chi connectivity index (χ2v) is 5.56. The molecule has 0 aliphatic rings. The van der Waals surface area contributed by atoms with Gasteiger partial charge in [0.15, 0.2) is 5.82 Å². The molecular weight excluding hydrogens is 344 g/mol. The molecule has 0 saturated carbocycles. The molecule has 0 radical (unpaired) electrons. The van der Waals surface area contributed by atoms with Crippen molar-refractivity contribution in [3.05, 3.63) is 54.4 Å². The van der Waals surface area contributed by atoms with Crippen molar-refractivity contribution in [3.63, 3.8) is 0 Å². The van der Waals surface area contributed by atoms with Gasteiger partial charge in [0.25, 0.3) is 0 Å². The molecule has 2 heterocycles. The SMILES string of the molecule is O=C(Cn1nnc2ccccc21)OCc1nc2ccccc2n1C(F)F. The van der Waals surface area contributed by atoms with Gasteiger partial charge in [0.1, 0.15) is 18.7 Å². The molecule has 132 valence electrons. The van der Waals surface area contributed by atoms with Crippen LogP contribution in [0.1, 0.15) is 12.4 Å². The van der Waals surface area contributed by atoms with Crippen LogP contribution in [0.15, 0.2) is 48.5 Å². The molecule has 0 amide bonds. The van der Waals surface area contributed by atoms with Crippen molar-refractivity contribution in [2.45, 2.75) is 19.7 Å². The van der Waals surface area contributed by atoms with Crippen LogP contribution in [0.25, 0.3) is 22.1 Å². The van der Waals surface area contributed by atoms with E-state index >= 15 is 0 Å². The zero-order chi connectivity index (χ0) is 18.1. The minimum absolute atomic E-state index is 0.0157. The van der Waals surface area contributed by atoms with Gasteiger partial charge in [-0.2, -0.15) is 8.78 Å². The van der Waals surface area contributed by atoms with E-state index in [9.17, 15) is 13.6 Å². The van der Waals surface area contributed by atoms with E-state index < -0.39 is 12.5 Å². The number of rotatable bonds is 5. The van der Waals surface area contributed by atoms with Gasteiger partial charge in [0.2, 0.25) is 0 Å². The van der Waals surface area contributed by atoms with Crippen LogP contribution in [0.2, 0.25) is 0 Å². The smallest absolute Gasteiger partial charge is 0.328 e. The van der Waals surface area contributed by atoms with Gasteiger partial charge in [-0.15, -0.1) is 5.10 Å². The molecule has 0 spiro atoms. The summed E-state index contributed by atoms with van der Waals surface area (Å²) in [6.45, 7) is -3.31. The number of carbonyl (C=O) groups is 1. The molecule has 0 N–H and O–H groups in total. The molecule has 2 aromatic carbocycles. The first-order valence-corrected chi connectivity index (χ1v) is 7.81. The molecule has 0 atom stereocenters. The van der Waals surface area contributed by atoms with Crippen LogP contribution >= 0.6 is 0 Å². The lowest BCUT2D eigenvalue weighted by Crippen LogP contribution is -2.16. The fraction of sp³-hybridized carbons (Fsp3) is 0.176. The monoisotopic (exact) mass is 357 g/mol. The number of alkyl halides is 2. The maximum absolute atomic E-state index is 13.4. The van der Waals surface area contributed by atoms with Crippen LogP contribution < -0.4 is 0 Å². The first kappa shape index (κ1) is 16.1. The van der Waals surface area contributed by atoms with Crippen molar-refractivity contribution in [3.8, 4) is 0 Å². The van der Waals surface area contributed by atoms with Gasteiger partial charge in [0, 0.05) is 0 Å². The average Bonchev–Trinajstić information content (AvgIpc) is 3.21. The Balaban J connectivity index is 1.51. The Morgan fingerprint density at radius 2 is 1.73 bits per heavy atom. The Morgan fingerprint density at radius 3 is 2.50 bits per heavy atom. The predicted molar refractivity (Wildman–Crippen MR) is 88.3 cm³/mol. The molecule has 9 heteroatoms. The number of carbonyl (C=O) groups excluding carboxylic acids is 1. The average molecular weight is 357 g/mol. The van der Waals surface area contributed by atoms with Crippen LogP contribution in [0.5, 0.6) is 0 Å². The van der Waals surface area contributed by atoms with E-state index in [1.165, 1.54) is 4.68 Å². The number of hydrogen-bond donors (Lipinski definition) is 0. The van der Waals surface area contributed by atoms with E-state index in [4.69, 9.17) is 4.74 Å². The second kappa shape index (κ2) is 6.51. The van der Waals surface area contributed by atoms with Crippen LogP contribution in [-0.4, -0.2) is 30.5 Å². The van der Waals surface area contributed by atoms with Gasteiger partial charge in [0.05, 0.1) is 16.6 Å². The largest absolute Gasteiger partial charge is 0.456 e. The summed E-state index contributed by atoms with van der Waals surface area (Å²) >= 11 is 0. The molecule has 0 aliphatic heterocycles. The summed E-state index contributed by atoms with van der Waals surface area (Å²) < 4.78 is 34.0. The van der Waals surface area contributed by atoms with E-state index in [1.54, 1.807) is 42.5 Å². The summed E-state index contributed by atoms with van der Waals surface area (Å²) in [5.41, 5.74) is 2.04. The lowest BCUT2D eigenvalue weighted by atomic mass is 10.3. The molecular formula is C17H13F2N5O2. The number of fused-ring (bicyclic) bond motifs is 2. The van der Waals surface area contributed by atoms with E-state index in [-0.39, 0.29) is 24.5 Å². The Bertz CT molecular complexity index is 1090. The summed E-state index contributed by atoms with van der Waals surface area (Å²) in [5.74, 6) is -0.633. The van der Waals surface area contributed by atoms with Gasteiger partial charge >= 0.3 is 12.5 Å². The van der Waals surface area contributed by atoms with Crippen LogP contribution in [0, 0.1) is 0 Å². The summed E-state index contributed by atoms with van der Waals surface area (Å²) in [6, 6.07) is 13.7. The third-order valence-corrected chi connectivity index (χ3v) is 3.93. The number of ether oxygens (including phenoxy) is 1. The Morgan fingerprint density at radius 1 is 1.04 bits per heavy atom. The normalized spacial score (nSPS) is 11.5. The number of benzene rings is 2. The topological polar surface area (TPSA) is 74.8 Å². The van der Waals surface area contributed by atoms with Crippen LogP contribution in [0.3, 0.4) is 0 Å².